The maximum absolute atomic E-state index is 12.8. The summed E-state index contributed by atoms with van der Waals surface area (Å²) in [5.74, 6) is -0.702. The molecule has 158 valence electrons. The van der Waals surface area contributed by atoms with Crippen molar-refractivity contribution in [2.24, 2.45) is 0 Å². The molecule has 0 saturated carbocycles. The first-order valence-electron chi connectivity index (χ1n) is 9.50. The van der Waals surface area contributed by atoms with Crippen LogP contribution in [0.4, 0.5) is 4.79 Å². The van der Waals surface area contributed by atoms with Crippen LogP contribution in [0.15, 0.2) is 36.4 Å². The predicted molar refractivity (Wildman–Crippen MR) is 116 cm³/mol. The lowest BCUT2D eigenvalue weighted by Crippen LogP contribution is -2.52. The van der Waals surface area contributed by atoms with Gasteiger partial charge in [0.1, 0.15) is 12.6 Å². The highest BCUT2D eigenvalue weighted by atomic mass is 35.5. The molecule has 0 aliphatic carbocycles. The number of hydrogen-bond acceptors (Lipinski definition) is 5. The number of halogens is 2. The molecule has 1 aromatic carbocycles. The molecule has 4 rings (SSSR count). The largest absolute Gasteiger partial charge is 0.350 e. The maximum atomic E-state index is 12.8. The lowest BCUT2D eigenvalue weighted by molar-refractivity contribution is -0.133. The van der Waals surface area contributed by atoms with Gasteiger partial charge in [-0.3, -0.25) is 19.4 Å². The molecule has 1 N–H and O–H groups in total. The standard InChI is InChI=1S/C20H20Cl2N4O3S/c21-14-3-1-13(2-4-14)9-23-18(27)12-26-19(28)16-11-24(7-8-25(16)20(26)29)10-15-5-6-17(22)30-15/h1-6,16H,7-12H2,(H,23,27). The van der Waals surface area contributed by atoms with E-state index in [1.54, 1.807) is 17.0 Å². The second-order valence-corrected chi connectivity index (χ2v) is 9.50. The van der Waals surface area contributed by atoms with E-state index in [1.807, 2.05) is 24.3 Å². The summed E-state index contributed by atoms with van der Waals surface area (Å²) in [6, 6.07) is 9.98. The van der Waals surface area contributed by atoms with Crippen LogP contribution < -0.4 is 5.32 Å². The predicted octanol–water partition coefficient (Wildman–Crippen LogP) is 2.82. The smallest absolute Gasteiger partial charge is 0.328 e. The SMILES string of the molecule is O=C(CN1C(=O)C2CN(Cc3ccc(Cl)s3)CCN2C1=O)NCc1ccc(Cl)cc1. The number of carbonyl (C=O) groups excluding carboxylic acids is 3. The van der Waals surface area contributed by atoms with Crippen LogP contribution >= 0.6 is 34.5 Å². The average molecular weight is 467 g/mol. The zero-order chi connectivity index (χ0) is 21.3. The van der Waals surface area contributed by atoms with E-state index in [2.05, 4.69) is 10.2 Å². The van der Waals surface area contributed by atoms with Crippen LogP contribution in [-0.2, 0) is 22.7 Å². The highest BCUT2D eigenvalue weighted by Crippen LogP contribution is 2.26. The van der Waals surface area contributed by atoms with E-state index < -0.39 is 12.1 Å². The lowest BCUT2D eigenvalue weighted by Gasteiger charge is -2.35. The Morgan fingerprint density at radius 1 is 1.10 bits per heavy atom. The maximum Gasteiger partial charge on any atom is 0.328 e. The number of piperazine rings is 1. The lowest BCUT2D eigenvalue weighted by atomic mass is 10.2. The van der Waals surface area contributed by atoms with Gasteiger partial charge in [0.05, 0.1) is 4.34 Å². The molecule has 2 aromatic rings. The summed E-state index contributed by atoms with van der Waals surface area (Å²) in [7, 11) is 0. The minimum atomic E-state index is -0.550. The van der Waals surface area contributed by atoms with Crippen molar-refractivity contribution in [3.63, 3.8) is 0 Å². The number of carbonyl (C=O) groups is 3. The van der Waals surface area contributed by atoms with Crippen molar-refractivity contribution in [1.29, 1.82) is 0 Å². The number of thiophene rings is 1. The van der Waals surface area contributed by atoms with Crippen LogP contribution in [-0.4, -0.2) is 64.8 Å². The summed E-state index contributed by atoms with van der Waals surface area (Å²) in [5, 5.41) is 3.36. The number of amides is 4. The van der Waals surface area contributed by atoms with Gasteiger partial charge in [-0.05, 0) is 29.8 Å². The highest BCUT2D eigenvalue weighted by molar-refractivity contribution is 7.16. The molecule has 2 fully saturated rings. The van der Waals surface area contributed by atoms with Gasteiger partial charge in [-0.15, -0.1) is 11.3 Å². The minimum Gasteiger partial charge on any atom is -0.350 e. The Kier molecular flexibility index (Phi) is 6.29. The fraction of sp³-hybridized carbons (Fsp3) is 0.350. The first-order valence-corrected chi connectivity index (χ1v) is 11.1. The first-order chi connectivity index (χ1) is 14.4. The van der Waals surface area contributed by atoms with E-state index in [1.165, 1.54) is 11.3 Å². The Hall–Kier alpha value is -2.13. The van der Waals surface area contributed by atoms with Crippen molar-refractivity contribution in [3.8, 4) is 0 Å². The van der Waals surface area contributed by atoms with E-state index in [0.29, 0.717) is 37.7 Å². The normalized spacial score (nSPS) is 19.3. The van der Waals surface area contributed by atoms with Gasteiger partial charge in [0.25, 0.3) is 5.91 Å². The number of benzene rings is 1. The molecule has 1 atom stereocenters. The summed E-state index contributed by atoms with van der Waals surface area (Å²) in [6.45, 7) is 2.28. The monoisotopic (exact) mass is 466 g/mol. The average Bonchev–Trinajstić information content (AvgIpc) is 3.24. The van der Waals surface area contributed by atoms with Gasteiger partial charge in [-0.2, -0.15) is 0 Å². The van der Waals surface area contributed by atoms with Gasteiger partial charge in [-0.25, -0.2) is 4.79 Å². The van der Waals surface area contributed by atoms with Gasteiger partial charge in [-0.1, -0.05) is 35.3 Å². The molecule has 0 radical (unpaired) electrons. The third-order valence-corrected chi connectivity index (χ3v) is 6.67. The summed E-state index contributed by atoms with van der Waals surface area (Å²) in [5.41, 5.74) is 0.883. The van der Waals surface area contributed by atoms with Crippen molar-refractivity contribution in [2.75, 3.05) is 26.2 Å². The number of fused-ring (bicyclic) bond motifs is 1. The van der Waals surface area contributed by atoms with Gasteiger partial charge in [0, 0.05) is 42.6 Å². The quantitative estimate of drug-likeness (QED) is 0.664. The van der Waals surface area contributed by atoms with E-state index in [0.717, 1.165) is 19.7 Å². The van der Waals surface area contributed by atoms with Crippen molar-refractivity contribution in [1.82, 2.24) is 20.0 Å². The number of rotatable bonds is 6. The Labute approximate surface area is 188 Å². The Balaban J connectivity index is 1.33. The summed E-state index contributed by atoms with van der Waals surface area (Å²) in [6.07, 6.45) is 0. The highest BCUT2D eigenvalue weighted by Gasteiger charge is 2.48. The molecule has 1 unspecified atom stereocenters. The van der Waals surface area contributed by atoms with Crippen molar-refractivity contribution >= 4 is 52.4 Å². The van der Waals surface area contributed by atoms with E-state index in [-0.39, 0.29) is 18.4 Å². The summed E-state index contributed by atoms with van der Waals surface area (Å²) in [4.78, 5) is 43.7. The Morgan fingerprint density at radius 2 is 1.87 bits per heavy atom. The molecule has 10 heteroatoms. The molecular formula is C20H20Cl2N4O3S. The molecule has 3 heterocycles. The fourth-order valence-electron chi connectivity index (χ4n) is 3.66. The second kappa shape index (κ2) is 8.93. The summed E-state index contributed by atoms with van der Waals surface area (Å²) < 4.78 is 0.728. The van der Waals surface area contributed by atoms with Crippen LogP contribution in [0.1, 0.15) is 10.4 Å². The number of hydrogen-bond donors (Lipinski definition) is 1. The van der Waals surface area contributed by atoms with Crippen LogP contribution in [0.5, 0.6) is 0 Å². The number of urea groups is 1. The third kappa shape index (κ3) is 4.62. The summed E-state index contributed by atoms with van der Waals surface area (Å²) >= 11 is 13.4. The molecule has 0 bridgehead atoms. The molecule has 2 aliphatic rings. The molecule has 1 aromatic heterocycles. The third-order valence-electron chi connectivity index (χ3n) is 5.21. The topological polar surface area (TPSA) is 73.0 Å². The van der Waals surface area contributed by atoms with Crippen molar-refractivity contribution in [3.05, 3.63) is 56.2 Å². The van der Waals surface area contributed by atoms with Gasteiger partial charge in [0.2, 0.25) is 5.91 Å². The minimum absolute atomic E-state index is 0.279. The van der Waals surface area contributed by atoms with Crippen LogP contribution in [0, 0.1) is 0 Å². The van der Waals surface area contributed by atoms with Gasteiger partial charge < -0.3 is 10.2 Å². The second-order valence-electron chi connectivity index (χ2n) is 7.26. The number of nitrogens with one attached hydrogen (secondary N) is 1. The molecule has 7 nitrogen and oxygen atoms in total. The zero-order valence-corrected chi connectivity index (χ0v) is 18.3. The Morgan fingerprint density at radius 3 is 2.57 bits per heavy atom. The van der Waals surface area contributed by atoms with Gasteiger partial charge >= 0.3 is 6.03 Å². The fourth-order valence-corrected chi connectivity index (χ4v) is 4.91. The molecule has 4 amide bonds. The molecule has 2 aliphatic heterocycles. The zero-order valence-electron chi connectivity index (χ0n) is 16.0. The van der Waals surface area contributed by atoms with Crippen LogP contribution in [0.25, 0.3) is 0 Å². The molecular weight excluding hydrogens is 447 g/mol. The number of imide groups is 1. The van der Waals surface area contributed by atoms with Gasteiger partial charge in [0.15, 0.2) is 0 Å². The van der Waals surface area contributed by atoms with Crippen LogP contribution in [0.3, 0.4) is 0 Å². The molecule has 2 saturated heterocycles. The molecule has 30 heavy (non-hydrogen) atoms. The Bertz CT molecular complexity index is 965. The van der Waals surface area contributed by atoms with Crippen LogP contribution in [0.2, 0.25) is 9.36 Å². The number of nitrogens with zero attached hydrogens (tertiary/aromatic N) is 3. The van der Waals surface area contributed by atoms with Crippen molar-refractivity contribution in [2.45, 2.75) is 19.1 Å². The van der Waals surface area contributed by atoms with E-state index >= 15 is 0 Å². The van der Waals surface area contributed by atoms with E-state index in [4.69, 9.17) is 23.2 Å². The first kappa shape index (κ1) is 21.1. The van der Waals surface area contributed by atoms with Crippen molar-refractivity contribution < 1.29 is 14.4 Å². The molecule has 0 spiro atoms. The van der Waals surface area contributed by atoms with E-state index in [9.17, 15) is 14.4 Å².